The van der Waals surface area contributed by atoms with Gasteiger partial charge in [-0.3, -0.25) is 4.79 Å². The molecule has 0 radical (unpaired) electrons. The predicted octanol–water partition coefficient (Wildman–Crippen LogP) is 4.14. The van der Waals surface area contributed by atoms with E-state index in [4.69, 9.17) is 27.9 Å². The minimum absolute atomic E-state index is 0.233. The molecule has 1 aromatic carbocycles. The summed E-state index contributed by atoms with van der Waals surface area (Å²) in [5.74, 6) is 0.426. The average Bonchev–Trinajstić information content (AvgIpc) is 3.08. The number of rotatable bonds is 4. The van der Waals surface area contributed by atoms with Crippen molar-refractivity contribution in [1.82, 2.24) is 14.8 Å². The summed E-state index contributed by atoms with van der Waals surface area (Å²) in [6.07, 6.45) is 1.66. The van der Waals surface area contributed by atoms with Crippen molar-refractivity contribution in [1.29, 1.82) is 0 Å². The molecule has 0 atom stereocenters. The molecule has 0 saturated carbocycles. The fraction of sp³-hybridized carbons (Fsp3) is 0.118. The van der Waals surface area contributed by atoms with E-state index in [1.165, 1.54) is 11.8 Å². The number of hydrogen-bond donors (Lipinski definition) is 1. The third kappa shape index (κ3) is 3.75. The van der Waals surface area contributed by atoms with Gasteiger partial charge in [0.25, 0.3) is 5.91 Å². The van der Waals surface area contributed by atoms with E-state index in [9.17, 15) is 4.79 Å². The Morgan fingerprint density at radius 1 is 1.16 bits per heavy atom. The fourth-order valence-corrected chi connectivity index (χ4v) is 2.48. The minimum Gasteiger partial charge on any atom is -0.493 e. The van der Waals surface area contributed by atoms with E-state index in [-0.39, 0.29) is 5.69 Å². The summed E-state index contributed by atoms with van der Waals surface area (Å²) in [5, 5.41) is 7.83. The van der Waals surface area contributed by atoms with Crippen molar-refractivity contribution >= 4 is 34.9 Å². The summed E-state index contributed by atoms with van der Waals surface area (Å²) < 4.78 is 6.75. The van der Waals surface area contributed by atoms with Crippen LogP contribution in [-0.2, 0) is 0 Å². The number of aromatic nitrogens is 3. The third-order valence-corrected chi connectivity index (χ3v) is 4.18. The van der Waals surface area contributed by atoms with Gasteiger partial charge in [-0.05, 0) is 43.3 Å². The standard InChI is InChI=1S/C17H14Cl2N4O2/c1-10-3-6-15(25-2)16(20-10)21-17(24)14-7-8-23(22-14)11-4-5-12(18)13(19)9-11/h3-9H,1-2H3,(H,20,21,24). The first-order chi connectivity index (χ1) is 12.0. The van der Waals surface area contributed by atoms with Gasteiger partial charge in [-0.2, -0.15) is 5.10 Å². The highest BCUT2D eigenvalue weighted by Crippen LogP contribution is 2.25. The molecule has 8 heteroatoms. The van der Waals surface area contributed by atoms with Crippen LogP contribution in [0.4, 0.5) is 5.82 Å². The number of nitrogens with zero attached hydrogens (tertiary/aromatic N) is 3. The Bertz CT molecular complexity index is 940. The summed E-state index contributed by atoms with van der Waals surface area (Å²) in [4.78, 5) is 16.7. The van der Waals surface area contributed by atoms with Crippen LogP contribution in [-0.4, -0.2) is 27.8 Å². The molecule has 0 saturated heterocycles. The maximum absolute atomic E-state index is 12.4. The smallest absolute Gasteiger partial charge is 0.277 e. The molecule has 0 spiro atoms. The highest BCUT2D eigenvalue weighted by molar-refractivity contribution is 6.42. The number of carbonyl (C=O) groups excluding carboxylic acids is 1. The van der Waals surface area contributed by atoms with E-state index in [1.807, 2.05) is 6.92 Å². The Balaban J connectivity index is 1.83. The number of pyridine rings is 1. The predicted molar refractivity (Wildman–Crippen MR) is 97.1 cm³/mol. The number of ether oxygens (including phenoxy) is 1. The van der Waals surface area contributed by atoms with Crippen molar-refractivity contribution in [3.8, 4) is 11.4 Å². The topological polar surface area (TPSA) is 69.0 Å². The van der Waals surface area contributed by atoms with E-state index in [0.29, 0.717) is 27.3 Å². The zero-order valence-corrected chi connectivity index (χ0v) is 15.0. The normalized spacial score (nSPS) is 10.6. The molecule has 2 heterocycles. The number of aryl methyl sites for hydroxylation is 1. The average molecular weight is 377 g/mol. The molecule has 128 valence electrons. The Morgan fingerprint density at radius 3 is 2.68 bits per heavy atom. The second kappa shape index (κ2) is 7.13. The molecule has 3 rings (SSSR count). The Morgan fingerprint density at radius 2 is 1.96 bits per heavy atom. The molecule has 3 aromatic rings. The molecule has 1 N–H and O–H groups in total. The number of hydrogen-bond acceptors (Lipinski definition) is 4. The Hall–Kier alpha value is -2.57. The molecule has 0 aliphatic heterocycles. The maximum Gasteiger partial charge on any atom is 0.277 e. The number of carbonyl (C=O) groups is 1. The highest BCUT2D eigenvalue weighted by atomic mass is 35.5. The second-order valence-corrected chi connectivity index (χ2v) is 6.02. The maximum atomic E-state index is 12.4. The zero-order chi connectivity index (χ0) is 18.0. The van der Waals surface area contributed by atoms with Gasteiger partial charge in [-0.25, -0.2) is 9.67 Å². The van der Waals surface area contributed by atoms with Gasteiger partial charge in [0, 0.05) is 11.9 Å². The van der Waals surface area contributed by atoms with Gasteiger partial charge in [0.1, 0.15) is 0 Å². The van der Waals surface area contributed by atoms with Crippen LogP contribution < -0.4 is 10.1 Å². The molecule has 0 aliphatic rings. The fourth-order valence-electron chi connectivity index (χ4n) is 2.19. The van der Waals surface area contributed by atoms with Gasteiger partial charge < -0.3 is 10.1 Å². The van der Waals surface area contributed by atoms with Crippen molar-refractivity contribution in [3.05, 3.63) is 64.0 Å². The third-order valence-electron chi connectivity index (χ3n) is 3.44. The van der Waals surface area contributed by atoms with Gasteiger partial charge in [0.05, 0.1) is 22.8 Å². The first kappa shape index (κ1) is 17.3. The van der Waals surface area contributed by atoms with E-state index < -0.39 is 5.91 Å². The van der Waals surface area contributed by atoms with Gasteiger partial charge in [0.2, 0.25) is 0 Å². The van der Waals surface area contributed by atoms with E-state index in [1.54, 1.807) is 42.6 Å². The van der Waals surface area contributed by atoms with E-state index in [0.717, 1.165) is 5.69 Å². The molecule has 0 fully saturated rings. The van der Waals surface area contributed by atoms with Crippen molar-refractivity contribution < 1.29 is 9.53 Å². The molecule has 6 nitrogen and oxygen atoms in total. The zero-order valence-electron chi connectivity index (χ0n) is 13.5. The number of amides is 1. The molecule has 0 unspecified atom stereocenters. The Labute approximate surface area is 154 Å². The molecule has 0 bridgehead atoms. The molecular weight excluding hydrogens is 363 g/mol. The van der Waals surface area contributed by atoms with Gasteiger partial charge in [-0.15, -0.1) is 0 Å². The Kier molecular flexibility index (Phi) is 4.92. The first-order valence-electron chi connectivity index (χ1n) is 7.32. The molecule has 25 heavy (non-hydrogen) atoms. The summed E-state index contributed by atoms with van der Waals surface area (Å²) in [7, 11) is 1.51. The number of benzene rings is 1. The molecule has 0 aliphatic carbocycles. The molecule has 2 aromatic heterocycles. The first-order valence-corrected chi connectivity index (χ1v) is 8.07. The van der Waals surface area contributed by atoms with Crippen LogP contribution in [0.15, 0.2) is 42.6 Å². The highest BCUT2D eigenvalue weighted by Gasteiger charge is 2.14. The van der Waals surface area contributed by atoms with Crippen molar-refractivity contribution in [2.75, 3.05) is 12.4 Å². The van der Waals surface area contributed by atoms with Gasteiger partial charge in [-0.1, -0.05) is 23.2 Å². The summed E-state index contributed by atoms with van der Waals surface area (Å²) >= 11 is 11.9. The quantitative estimate of drug-likeness (QED) is 0.742. The lowest BCUT2D eigenvalue weighted by Gasteiger charge is -2.08. The number of nitrogens with one attached hydrogen (secondary N) is 1. The largest absolute Gasteiger partial charge is 0.493 e. The summed E-state index contributed by atoms with van der Waals surface area (Å²) in [5.41, 5.74) is 1.69. The molecular formula is C17H14Cl2N4O2. The monoisotopic (exact) mass is 376 g/mol. The van der Waals surface area contributed by atoms with Crippen LogP contribution in [0.2, 0.25) is 10.0 Å². The molecule has 1 amide bonds. The lowest BCUT2D eigenvalue weighted by Crippen LogP contribution is -2.15. The lowest BCUT2D eigenvalue weighted by molar-refractivity contribution is 0.102. The van der Waals surface area contributed by atoms with Crippen LogP contribution >= 0.6 is 23.2 Å². The lowest BCUT2D eigenvalue weighted by atomic mass is 10.3. The minimum atomic E-state index is -0.393. The summed E-state index contributed by atoms with van der Waals surface area (Å²) in [6, 6.07) is 10.2. The number of methoxy groups -OCH3 is 1. The van der Waals surface area contributed by atoms with Crippen LogP contribution in [0.5, 0.6) is 5.75 Å². The van der Waals surface area contributed by atoms with Gasteiger partial charge >= 0.3 is 0 Å². The summed E-state index contributed by atoms with van der Waals surface area (Å²) in [6.45, 7) is 1.83. The van der Waals surface area contributed by atoms with Crippen molar-refractivity contribution in [3.63, 3.8) is 0 Å². The van der Waals surface area contributed by atoms with Gasteiger partial charge in [0.15, 0.2) is 17.3 Å². The van der Waals surface area contributed by atoms with E-state index >= 15 is 0 Å². The number of anilines is 1. The van der Waals surface area contributed by atoms with Crippen molar-refractivity contribution in [2.45, 2.75) is 6.92 Å². The SMILES string of the molecule is COc1ccc(C)nc1NC(=O)c1ccn(-c2ccc(Cl)c(Cl)c2)n1. The van der Waals surface area contributed by atoms with E-state index in [2.05, 4.69) is 15.4 Å². The second-order valence-electron chi connectivity index (χ2n) is 5.20. The van der Waals surface area contributed by atoms with Crippen LogP contribution in [0.3, 0.4) is 0 Å². The van der Waals surface area contributed by atoms with Crippen LogP contribution in [0.1, 0.15) is 16.2 Å². The van der Waals surface area contributed by atoms with Crippen LogP contribution in [0, 0.1) is 6.92 Å². The van der Waals surface area contributed by atoms with Crippen molar-refractivity contribution in [2.24, 2.45) is 0 Å². The van der Waals surface area contributed by atoms with Crippen LogP contribution in [0.25, 0.3) is 5.69 Å². The number of halogens is 2.